The predicted molar refractivity (Wildman–Crippen MR) is 113 cm³/mol. The minimum atomic E-state index is -0.253. The largest absolute Gasteiger partial charge is 0.491 e. The molecule has 0 saturated heterocycles. The summed E-state index contributed by atoms with van der Waals surface area (Å²) in [5.74, 6) is 0.518. The van der Waals surface area contributed by atoms with Gasteiger partial charge in [0, 0.05) is 24.1 Å². The van der Waals surface area contributed by atoms with Gasteiger partial charge in [0.1, 0.15) is 11.4 Å². The average molecular weight is 375 g/mol. The van der Waals surface area contributed by atoms with Crippen LogP contribution in [0, 0.1) is 6.92 Å². The monoisotopic (exact) mass is 375 g/mol. The van der Waals surface area contributed by atoms with Gasteiger partial charge in [-0.05, 0) is 62.7 Å². The van der Waals surface area contributed by atoms with E-state index in [2.05, 4.69) is 46.8 Å². The first-order valence-electron chi connectivity index (χ1n) is 9.33. The highest BCUT2D eigenvalue weighted by atomic mass is 16.5. The van der Waals surface area contributed by atoms with Crippen LogP contribution in [-0.2, 0) is 6.54 Å². The third-order valence-electron chi connectivity index (χ3n) is 4.09. The molecule has 0 atom stereocenters. The highest BCUT2D eigenvalue weighted by molar-refractivity contribution is 6.03. The summed E-state index contributed by atoms with van der Waals surface area (Å²) in [5, 5.41) is 6.19. The molecule has 2 N–H and O–H groups in total. The summed E-state index contributed by atoms with van der Waals surface area (Å²) in [6, 6.07) is 19.2. The van der Waals surface area contributed by atoms with Crippen molar-refractivity contribution in [3.05, 3.63) is 83.7 Å². The number of carbonyl (C=O) groups is 1. The molecule has 28 heavy (non-hydrogen) atoms. The van der Waals surface area contributed by atoms with Crippen molar-refractivity contribution < 1.29 is 9.53 Å². The molecule has 0 aliphatic carbocycles. The number of nitrogens with zero attached hydrogens (tertiary/aromatic N) is 1. The van der Waals surface area contributed by atoms with Crippen LogP contribution in [0.5, 0.6) is 5.75 Å². The Balaban J connectivity index is 1.60. The van der Waals surface area contributed by atoms with E-state index in [4.69, 9.17) is 4.74 Å². The van der Waals surface area contributed by atoms with E-state index in [1.165, 1.54) is 11.1 Å². The highest BCUT2D eigenvalue weighted by Crippen LogP contribution is 2.18. The number of amides is 1. The Hall–Kier alpha value is -3.34. The van der Waals surface area contributed by atoms with Crippen molar-refractivity contribution in [3.63, 3.8) is 0 Å². The standard InChI is InChI=1S/C23H25N3O2/c1-16(2)28-21-10-8-19(9-11-21)26-23(27)22-14-20(12-13-24-22)25-15-18-6-4-17(3)5-7-18/h4-14,16H,15H2,1-3H3,(H,24,25)(H,26,27). The Labute approximate surface area is 165 Å². The van der Waals surface area contributed by atoms with Crippen LogP contribution in [0.3, 0.4) is 0 Å². The smallest absolute Gasteiger partial charge is 0.274 e. The Bertz CT molecular complexity index is 919. The van der Waals surface area contributed by atoms with Gasteiger partial charge in [0.15, 0.2) is 0 Å². The number of carbonyl (C=O) groups excluding carboxylic acids is 1. The zero-order valence-electron chi connectivity index (χ0n) is 16.4. The third-order valence-corrected chi connectivity index (χ3v) is 4.09. The summed E-state index contributed by atoms with van der Waals surface area (Å²) in [6.45, 7) is 6.70. The van der Waals surface area contributed by atoms with Crippen LogP contribution < -0.4 is 15.4 Å². The summed E-state index contributed by atoms with van der Waals surface area (Å²) in [6.07, 6.45) is 1.74. The number of rotatable bonds is 7. The van der Waals surface area contributed by atoms with Gasteiger partial charge in [-0.1, -0.05) is 29.8 Å². The summed E-state index contributed by atoms with van der Waals surface area (Å²) >= 11 is 0. The second-order valence-corrected chi connectivity index (χ2v) is 6.91. The molecule has 144 valence electrons. The highest BCUT2D eigenvalue weighted by Gasteiger charge is 2.09. The summed E-state index contributed by atoms with van der Waals surface area (Å²) in [7, 11) is 0. The number of pyridine rings is 1. The molecule has 0 fully saturated rings. The van der Waals surface area contributed by atoms with Crippen LogP contribution in [0.1, 0.15) is 35.5 Å². The molecule has 1 amide bonds. The van der Waals surface area contributed by atoms with Gasteiger partial charge in [-0.3, -0.25) is 9.78 Å². The Morgan fingerprint density at radius 1 is 1.00 bits per heavy atom. The van der Waals surface area contributed by atoms with Gasteiger partial charge >= 0.3 is 0 Å². The molecular weight excluding hydrogens is 350 g/mol. The van der Waals surface area contributed by atoms with Crippen molar-refractivity contribution >= 4 is 17.3 Å². The van der Waals surface area contributed by atoms with Crippen LogP contribution in [0.25, 0.3) is 0 Å². The molecule has 0 spiro atoms. The summed E-state index contributed by atoms with van der Waals surface area (Å²) < 4.78 is 5.61. The molecule has 3 rings (SSSR count). The Morgan fingerprint density at radius 3 is 2.39 bits per heavy atom. The molecule has 0 aliphatic heterocycles. The lowest BCUT2D eigenvalue weighted by Crippen LogP contribution is -2.14. The number of hydrogen-bond acceptors (Lipinski definition) is 4. The van der Waals surface area contributed by atoms with Gasteiger partial charge in [-0.15, -0.1) is 0 Å². The number of hydrogen-bond donors (Lipinski definition) is 2. The van der Waals surface area contributed by atoms with Crippen molar-refractivity contribution in [1.82, 2.24) is 4.98 Å². The molecule has 3 aromatic rings. The van der Waals surface area contributed by atoms with E-state index in [1.807, 2.05) is 44.2 Å². The fourth-order valence-electron chi connectivity index (χ4n) is 2.66. The second-order valence-electron chi connectivity index (χ2n) is 6.91. The molecular formula is C23H25N3O2. The molecule has 0 unspecified atom stereocenters. The average Bonchev–Trinajstić information content (AvgIpc) is 2.69. The van der Waals surface area contributed by atoms with Gasteiger partial charge in [0.25, 0.3) is 5.91 Å². The SMILES string of the molecule is Cc1ccc(CNc2ccnc(C(=O)Nc3ccc(OC(C)C)cc3)c2)cc1. The van der Waals surface area contributed by atoms with E-state index in [-0.39, 0.29) is 12.0 Å². The van der Waals surface area contributed by atoms with Crippen molar-refractivity contribution in [2.24, 2.45) is 0 Å². The van der Waals surface area contributed by atoms with E-state index < -0.39 is 0 Å². The maximum absolute atomic E-state index is 12.5. The maximum atomic E-state index is 12.5. The lowest BCUT2D eigenvalue weighted by atomic mass is 10.1. The molecule has 0 saturated carbocycles. The van der Waals surface area contributed by atoms with Gasteiger partial charge in [-0.25, -0.2) is 0 Å². The number of ether oxygens (including phenoxy) is 1. The van der Waals surface area contributed by atoms with Crippen LogP contribution in [0.15, 0.2) is 66.9 Å². The molecule has 2 aromatic carbocycles. The zero-order valence-corrected chi connectivity index (χ0v) is 16.4. The van der Waals surface area contributed by atoms with Gasteiger partial charge in [-0.2, -0.15) is 0 Å². The zero-order chi connectivity index (χ0) is 19.9. The summed E-state index contributed by atoms with van der Waals surface area (Å²) in [5.41, 5.74) is 4.31. The minimum Gasteiger partial charge on any atom is -0.491 e. The second kappa shape index (κ2) is 9.04. The Morgan fingerprint density at radius 2 is 1.71 bits per heavy atom. The van der Waals surface area contributed by atoms with Crippen LogP contribution in [0.2, 0.25) is 0 Å². The van der Waals surface area contributed by atoms with Crippen molar-refractivity contribution in [1.29, 1.82) is 0 Å². The first kappa shape index (κ1) is 19.4. The minimum absolute atomic E-state index is 0.111. The van der Waals surface area contributed by atoms with Gasteiger partial charge < -0.3 is 15.4 Å². The van der Waals surface area contributed by atoms with Crippen molar-refractivity contribution in [2.45, 2.75) is 33.4 Å². The molecule has 0 radical (unpaired) electrons. The third kappa shape index (κ3) is 5.58. The Kier molecular flexibility index (Phi) is 6.27. The van der Waals surface area contributed by atoms with Gasteiger partial charge in [0.2, 0.25) is 0 Å². The first-order valence-corrected chi connectivity index (χ1v) is 9.33. The molecule has 0 aliphatic rings. The van der Waals surface area contributed by atoms with E-state index in [9.17, 15) is 4.79 Å². The van der Waals surface area contributed by atoms with Crippen LogP contribution >= 0.6 is 0 Å². The lowest BCUT2D eigenvalue weighted by Gasteiger charge is -2.11. The topological polar surface area (TPSA) is 63.2 Å². The fraction of sp³-hybridized carbons (Fsp3) is 0.217. The van der Waals surface area contributed by atoms with Crippen LogP contribution in [0.4, 0.5) is 11.4 Å². The molecule has 5 nitrogen and oxygen atoms in total. The molecule has 5 heteroatoms. The van der Waals surface area contributed by atoms with Crippen molar-refractivity contribution in [2.75, 3.05) is 10.6 Å². The van der Waals surface area contributed by atoms with E-state index in [0.29, 0.717) is 17.9 Å². The number of benzene rings is 2. The molecule has 0 bridgehead atoms. The van der Waals surface area contributed by atoms with Gasteiger partial charge in [0.05, 0.1) is 6.10 Å². The summed E-state index contributed by atoms with van der Waals surface area (Å²) in [4.78, 5) is 16.7. The van der Waals surface area contributed by atoms with Crippen LogP contribution in [-0.4, -0.2) is 17.0 Å². The number of aromatic nitrogens is 1. The van der Waals surface area contributed by atoms with Crippen molar-refractivity contribution in [3.8, 4) is 5.75 Å². The first-order chi connectivity index (χ1) is 13.5. The normalized spacial score (nSPS) is 10.6. The van der Waals surface area contributed by atoms with E-state index >= 15 is 0 Å². The quantitative estimate of drug-likeness (QED) is 0.607. The predicted octanol–water partition coefficient (Wildman–Crippen LogP) is 5.04. The number of nitrogens with one attached hydrogen (secondary N) is 2. The molecule has 1 aromatic heterocycles. The molecule has 1 heterocycles. The number of anilines is 2. The number of aryl methyl sites for hydroxylation is 1. The lowest BCUT2D eigenvalue weighted by molar-refractivity contribution is 0.102. The van der Waals surface area contributed by atoms with E-state index in [0.717, 1.165) is 11.4 Å². The fourth-order valence-corrected chi connectivity index (χ4v) is 2.66. The maximum Gasteiger partial charge on any atom is 0.274 e. The van der Waals surface area contributed by atoms with E-state index in [1.54, 1.807) is 12.3 Å².